The number of hydrogen-bond donors (Lipinski definition) is 2. The van der Waals surface area contributed by atoms with Crippen molar-refractivity contribution < 1.29 is 19.0 Å². The average molecular weight is 317 g/mol. The lowest BCUT2D eigenvalue weighted by atomic mass is 10.0. The number of aliphatic hydroxyl groups excluding tert-OH is 1. The molecule has 0 radical (unpaired) electrons. The summed E-state index contributed by atoms with van der Waals surface area (Å²) in [6.07, 6.45) is 0.918. The predicted octanol–water partition coefficient (Wildman–Crippen LogP) is 2.86. The number of aliphatic hydroxyl groups is 1. The van der Waals surface area contributed by atoms with Crippen molar-refractivity contribution in [2.75, 3.05) is 13.7 Å². The molecule has 0 spiro atoms. The molecule has 5 heteroatoms. The van der Waals surface area contributed by atoms with Crippen molar-refractivity contribution in [1.29, 1.82) is 0 Å². The Balaban J connectivity index is 2.14. The van der Waals surface area contributed by atoms with E-state index in [1.807, 2.05) is 24.3 Å². The second-order valence-electron chi connectivity index (χ2n) is 5.15. The van der Waals surface area contributed by atoms with Gasteiger partial charge in [-0.3, -0.25) is 4.79 Å². The van der Waals surface area contributed by atoms with Crippen molar-refractivity contribution in [3.8, 4) is 5.75 Å². The van der Waals surface area contributed by atoms with Crippen molar-refractivity contribution >= 4 is 5.91 Å². The van der Waals surface area contributed by atoms with Gasteiger partial charge < -0.3 is 15.2 Å². The number of hydrogen-bond acceptors (Lipinski definition) is 3. The number of carbonyl (C=O) groups excluding carboxylic acids is 1. The van der Waals surface area contributed by atoms with Crippen LogP contribution in [0.15, 0.2) is 42.5 Å². The number of rotatable bonds is 6. The second kappa shape index (κ2) is 7.74. The van der Waals surface area contributed by atoms with Crippen LogP contribution in [0.1, 0.15) is 34.5 Å². The molecule has 0 aliphatic rings. The Bertz CT molecular complexity index is 670. The van der Waals surface area contributed by atoms with Gasteiger partial charge in [0.2, 0.25) is 0 Å². The van der Waals surface area contributed by atoms with Gasteiger partial charge in [0.05, 0.1) is 19.8 Å². The summed E-state index contributed by atoms with van der Waals surface area (Å²) in [6, 6.07) is 11.1. The summed E-state index contributed by atoms with van der Waals surface area (Å²) in [5.74, 6) is -0.978. The van der Waals surface area contributed by atoms with Crippen LogP contribution < -0.4 is 10.1 Å². The lowest BCUT2D eigenvalue weighted by Gasteiger charge is -2.17. The zero-order valence-electron chi connectivity index (χ0n) is 13.2. The fourth-order valence-electron chi connectivity index (χ4n) is 2.27. The summed E-state index contributed by atoms with van der Waals surface area (Å²) >= 11 is 0. The molecule has 2 rings (SSSR count). The Morgan fingerprint density at radius 1 is 1.26 bits per heavy atom. The topological polar surface area (TPSA) is 58.6 Å². The summed E-state index contributed by atoms with van der Waals surface area (Å²) in [5, 5.41) is 12.2. The van der Waals surface area contributed by atoms with Crippen molar-refractivity contribution in [3.63, 3.8) is 0 Å². The summed E-state index contributed by atoms with van der Waals surface area (Å²) in [4.78, 5) is 12.2. The molecule has 0 saturated carbocycles. The Labute approximate surface area is 134 Å². The molecule has 0 aromatic heterocycles. The largest absolute Gasteiger partial charge is 0.494 e. The quantitative estimate of drug-likeness (QED) is 0.861. The maximum atomic E-state index is 13.7. The molecule has 0 aliphatic carbocycles. The molecule has 1 unspecified atom stereocenters. The van der Waals surface area contributed by atoms with Gasteiger partial charge in [-0.2, -0.15) is 0 Å². The van der Waals surface area contributed by atoms with Gasteiger partial charge in [-0.05, 0) is 35.7 Å². The molecule has 2 aromatic carbocycles. The number of halogens is 1. The molecule has 4 nitrogen and oxygen atoms in total. The standard InChI is InChI=1S/C18H20FNO3/c1-3-12-4-6-13(7-5-12)16(11-21)20-18(22)14-8-9-17(23-2)15(19)10-14/h4-10,16,21H,3,11H2,1-2H3,(H,20,22). The highest BCUT2D eigenvalue weighted by Crippen LogP contribution is 2.19. The van der Waals surface area contributed by atoms with Crippen LogP contribution in [0, 0.1) is 5.82 Å². The Kier molecular flexibility index (Phi) is 5.71. The van der Waals surface area contributed by atoms with E-state index in [2.05, 4.69) is 12.2 Å². The zero-order valence-corrected chi connectivity index (χ0v) is 13.2. The minimum absolute atomic E-state index is 0.0791. The first-order valence-corrected chi connectivity index (χ1v) is 7.43. The van der Waals surface area contributed by atoms with Crippen molar-refractivity contribution in [2.24, 2.45) is 0 Å². The maximum Gasteiger partial charge on any atom is 0.251 e. The zero-order chi connectivity index (χ0) is 16.8. The minimum atomic E-state index is -0.604. The molecular weight excluding hydrogens is 297 g/mol. The van der Waals surface area contributed by atoms with Crippen LogP contribution in [-0.4, -0.2) is 24.7 Å². The lowest BCUT2D eigenvalue weighted by molar-refractivity contribution is 0.0915. The monoisotopic (exact) mass is 317 g/mol. The van der Waals surface area contributed by atoms with Crippen LogP contribution in [0.4, 0.5) is 4.39 Å². The van der Waals surface area contributed by atoms with Crippen LogP contribution >= 0.6 is 0 Å². The molecular formula is C18H20FNO3. The summed E-state index contributed by atoms with van der Waals surface area (Å²) in [5.41, 5.74) is 2.15. The minimum Gasteiger partial charge on any atom is -0.494 e. The first kappa shape index (κ1) is 17.0. The second-order valence-corrected chi connectivity index (χ2v) is 5.15. The van der Waals surface area contributed by atoms with Crippen LogP contribution in [0.25, 0.3) is 0 Å². The fourth-order valence-corrected chi connectivity index (χ4v) is 2.27. The third-order valence-electron chi connectivity index (χ3n) is 3.69. The highest BCUT2D eigenvalue weighted by molar-refractivity contribution is 5.94. The molecule has 1 atom stereocenters. The van der Waals surface area contributed by atoms with Gasteiger partial charge in [-0.25, -0.2) is 4.39 Å². The number of amides is 1. The number of methoxy groups -OCH3 is 1. The van der Waals surface area contributed by atoms with Crippen molar-refractivity contribution in [3.05, 3.63) is 65.0 Å². The van der Waals surface area contributed by atoms with Gasteiger partial charge in [0.1, 0.15) is 0 Å². The summed E-state index contributed by atoms with van der Waals surface area (Å²) in [6.45, 7) is 1.81. The van der Waals surface area contributed by atoms with E-state index in [0.717, 1.165) is 18.1 Å². The van der Waals surface area contributed by atoms with Gasteiger partial charge in [0.15, 0.2) is 11.6 Å². The number of carbonyl (C=O) groups is 1. The first-order valence-electron chi connectivity index (χ1n) is 7.43. The molecule has 2 aromatic rings. The Hall–Kier alpha value is -2.40. The normalized spacial score (nSPS) is 11.8. The SMILES string of the molecule is CCc1ccc(C(CO)NC(=O)c2ccc(OC)c(F)c2)cc1. The van der Waals surface area contributed by atoms with E-state index in [0.29, 0.717) is 0 Å². The third kappa shape index (κ3) is 4.07. The molecule has 0 saturated heterocycles. The molecule has 23 heavy (non-hydrogen) atoms. The number of aryl methyl sites for hydroxylation is 1. The van der Waals surface area contributed by atoms with Gasteiger partial charge in [0, 0.05) is 5.56 Å². The predicted molar refractivity (Wildman–Crippen MR) is 86.1 cm³/mol. The van der Waals surface area contributed by atoms with E-state index in [9.17, 15) is 14.3 Å². The molecule has 122 valence electrons. The highest BCUT2D eigenvalue weighted by Gasteiger charge is 2.16. The summed E-state index contributed by atoms with van der Waals surface area (Å²) < 4.78 is 18.5. The van der Waals surface area contributed by atoms with E-state index < -0.39 is 17.8 Å². The smallest absolute Gasteiger partial charge is 0.251 e. The van der Waals surface area contributed by atoms with E-state index >= 15 is 0 Å². The van der Waals surface area contributed by atoms with Gasteiger partial charge >= 0.3 is 0 Å². The van der Waals surface area contributed by atoms with Crippen LogP contribution in [-0.2, 0) is 6.42 Å². The third-order valence-corrected chi connectivity index (χ3v) is 3.69. The van der Waals surface area contributed by atoms with E-state index in [1.165, 1.54) is 24.8 Å². The highest BCUT2D eigenvalue weighted by atomic mass is 19.1. The Morgan fingerprint density at radius 2 is 1.96 bits per heavy atom. The fraction of sp³-hybridized carbons (Fsp3) is 0.278. The van der Waals surface area contributed by atoms with E-state index in [1.54, 1.807) is 0 Å². The molecule has 2 N–H and O–H groups in total. The maximum absolute atomic E-state index is 13.7. The number of nitrogens with one attached hydrogen (secondary N) is 1. The molecule has 0 aliphatic heterocycles. The molecule has 0 bridgehead atoms. The van der Waals surface area contributed by atoms with Crippen LogP contribution in [0.5, 0.6) is 5.75 Å². The molecule has 0 fully saturated rings. The van der Waals surface area contributed by atoms with Crippen LogP contribution in [0.3, 0.4) is 0 Å². The Morgan fingerprint density at radius 3 is 2.48 bits per heavy atom. The molecule has 0 heterocycles. The number of ether oxygens (including phenoxy) is 1. The van der Waals surface area contributed by atoms with Crippen molar-refractivity contribution in [2.45, 2.75) is 19.4 Å². The molecule has 1 amide bonds. The first-order chi connectivity index (χ1) is 11.1. The lowest BCUT2D eigenvalue weighted by Crippen LogP contribution is -2.30. The van der Waals surface area contributed by atoms with E-state index in [-0.39, 0.29) is 17.9 Å². The van der Waals surface area contributed by atoms with E-state index in [4.69, 9.17) is 4.74 Å². The van der Waals surface area contributed by atoms with Crippen LogP contribution in [0.2, 0.25) is 0 Å². The van der Waals surface area contributed by atoms with Crippen molar-refractivity contribution in [1.82, 2.24) is 5.32 Å². The average Bonchev–Trinajstić information content (AvgIpc) is 2.59. The van der Waals surface area contributed by atoms with Gasteiger partial charge in [-0.1, -0.05) is 31.2 Å². The van der Waals surface area contributed by atoms with Gasteiger partial charge in [0.25, 0.3) is 5.91 Å². The number of benzene rings is 2. The van der Waals surface area contributed by atoms with Gasteiger partial charge in [-0.15, -0.1) is 0 Å². The summed E-state index contributed by atoms with van der Waals surface area (Å²) in [7, 11) is 1.36.